The van der Waals surface area contributed by atoms with Crippen LogP contribution in [-0.4, -0.2) is 17.8 Å². The fourth-order valence-corrected chi connectivity index (χ4v) is 5.55. The Morgan fingerprint density at radius 1 is 1.25 bits per heavy atom. The molecule has 4 nitrogen and oxygen atoms in total. The number of sulfonamides is 1. The summed E-state index contributed by atoms with van der Waals surface area (Å²) in [5.74, 6) is 0. The maximum absolute atomic E-state index is 12.8. The Morgan fingerprint density at radius 2 is 1.85 bits per heavy atom. The molecule has 0 spiro atoms. The average molecular weight is 309 g/mol. The number of rotatable bonds is 3. The fourth-order valence-electron chi connectivity index (χ4n) is 2.54. The highest BCUT2D eigenvalue weighted by Crippen LogP contribution is 2.34. The molecule has 1 aromatic carbocycles. The molecule has 1 aliphatic rings. The minimum absolute atomic E-state index is 0.242. The normalized spacial score (nSPS) is 15.5. The van der Waals surface area contributed by atoms with Crippen LogP contribution in [0.1, 0.15) is 21.6 Å². The number of aliphatic hydroxyl groups excluding tert-OH is 1. The molecular weight excluding hydrogens is 294 g/mol. The molecule has 0 amide bonds. The fraction of sp³-hybridized carbons (Fsp3) is 0.286. The summed E-state index contributed by atoms with van der Waals surface area (Å²) in [6, 6.07) is 7.75. The van der Waals surface area contributed by atoms with Crippen molar-refractivity contribution in [1.29, 1.82) is 0 Å². The Kier molecular flexibility index (Phi) is 3.41. The van der Waals surface area contributed by atoms with Crippen LogP contribution in [0.4, 0.5) is 0 Å². The number of nitrogens with zero attached hydrogens (tertiary/aromatic N) is 1. The van der Waals surface area contributed by atoms with E-state index in [4.69, 9.17) is 0 Å². The molecule has 20 heavy (non-hydrogen) atoms. The molecule has 1 aromatic heterocycles. The first-order chi connectivity index (χ1) is 9.54. The second-order valence-corrected chi connectivity index (χ2v) is 7.71. The van der Waals surface area contributed by atoms with Gasteiger partial charge in [0.25, 0.3) is 0 Å². The average Bonchev–Trinajstić information content (AvgIpc) is 3.02. The minimum atomic E-state index is -3.55. The first-order valence-corrected chi connectivity index (χ1v) is 8.60. The Hall–Kier alpha value is -1.21. The van der Waals surface area contributed by atoms with Gasteiger partial charge in [0, 0.05) is 13.1 Å². The van der Waals surface area contributed by atoms with Gasteiger partial charge in [-0.25, -0.2) is 8.42 Å². The lowest BCUT2D eigenvalue weighted by atomic mass is 10.1. The van der Waals surface area contributed by atoms with Crippen molar-refractivity contribution in [1.82, 2.24) is 4.31 Å². The molecule has 0 unspecified atom stereocenters. The topological polar surface area (TPSA) is 57.6 Å². The summed E-state index contributed by atoms with van der Waals surface area (Å²) in [4.78, 5) is 0.788. The number of fused-ring (bicyclic) bond motifs is 1. The smallest absolute Gasteiger partial charge is 0.245 e. The lowest BCUT2D eigenvalue weighted by molar-refractivity contribution is 0.282. The second kappa shape index (κ2) is 4.96. The zero-order chi connectivity index (χ0) is 14.3. The van der Waals surface area contributed by atoms with Gasteiger partial charge in [-0.15, -0.1) is 11.3 Å². The third kappa shape index (κ3) is 2.09. The van der Waals surface area contributed by atoms with Gasteiger partial charge in [0.1, 0.15) is 4.90 Å². The van der Waals surface area contributed by atoms with E-state index in [2.05, 4.69) is 0 Å². The Bertz CT molecular complexity index is 725. The van der Waals surface area contributed by atoms with Crippen LogP contribution in [0.15, 0.2) is 34.5 Å². The highest BCUT2D eigenvalue weighted by Gasteiger charge is 2.33. The van der Waals surface area contributed by atoms with E-state index in [9.17, 15) is 13.5 Å². The summed E-state index contributed by atoms with van der Waals surface area (Å²) in [6.07, 6.45) is 0. The van der Waals surface area contributed by atoms with E-state index >= 15 is 0 Å². The first-order valence-electron chi connectivity index (χ1n) is 6.29. The van der Waals surface area contributed by atoms with Crippen LogP contribution in [0.3, 0.4) is 0 Å². The molecule has 1 aliphatic heterocycles. The number of thiophene rings is 1. The summed E-state index contributed by atoms with van der Waals surface area (Å²) < 4.78 is 27.1. The van der Waals surface area contributed by atoms with Crippen LogP contribution < -0.4 is 0 Å². The van der Waals surface area contributed by atoms with Gasteiger partial charge in [0.15, 0.2) is 0 Å². The van der Waals surface area contributed by atoms with Crippen LogP contribution in [0, 0.1) is 6.92 Å². The van der Waals surface area contributed by atoms with E-state index in [0.717, 1.165) is 11.1 Å². The minimum Gasteiger partial charge on any atom is -0.391 e. The molecule has 0 saturated carbocycles. The van der Waals surface area contributed by atoms with E-state index in [-0.39, 0.29) is 11.5 Å². The van der Waals surface area contributed by atoms with Crippen LogP contribution in [0.5, 0.6) is 0 Å². The predicted octanol–water partition coefficient (Wildman–Crippen LogP) is 2.25. The number of hydrogen-bond acceptors (Lipinski definition) is 4. The van der Waals surface area contributed by atoms with Crippen LogP contribution in [0.2, 0.25) is 0 Å². The molecule has 106 valence electrons. The van der Waals surface area contributed by atoms with Gasteiger partial charge in [-0.2, -0.15) is 4.31 Å². The molecule has 0 bridgehead atoms. The summed E-state index contributed by atoms with van der Waals surface area (Å²) in [6.45, 7) is 2.33. The van der Waals surface area contributed by atoms with Crippen molar-refractivity contribution in [2.75, 3.05) is 0 Å². The van der Waals surface area contributed by atoms with E-state index < -0.39 is 10.0 Å². The molecule has 1 N–H and O–H groups in total. The molecule has 0 saturated heterocycles. The van der Waals surface area contributed by atoms with Crippen LogP contribution in [0.25, 0.3) is 0 Å². The molecule has 0 aliphatic carbocycles. The zero-order valence-corrected chi connectivity index (χ0v) is 12.7. The van der Waals surface area contributed by atoms with Gasteiger partial charge in [-0.1, -0.05) is 24.3 Å². The predicted molar refractivity (Wildman–Crippen MR) is 77.9 cm³/mol. The highest BCUT2D eigenvalue weighted by atomic mass is 32.2. The maximum Gasteiger partial charge on any atom is 0.245 e. The van der Waals surface area contributed by atoms with Gasteiger partial charge in [0.2, 0.25) is 10.0 Å². The quantitative estimate of drug-likeness (QED) is 0.946. The molecule has 0 fully saturated rings. The number of benzene rings is 1. The molecule has 0 atom stereocenters. The third-order valence-electron chi connectivity index (χ3n) is 3.54. The number of aliphatic hydroxyl groups is 1. The van der Waals surface area contributed by atoms with Crippen LogP contribution in [-0.2, 0) is 29.7 Å². The van der Waals surface area contributed by atoms with Gasteiger partial charge in [0.05, 0.1) is 11.5 Å². The molecule has 3 rings (SSSR count). The van der Waals surface area contributed by atoms with Crippen LogP contribution >= 0.6 is 11.3 Å². The van der Waals surface area contributed by atoms with Crippen molar-refractivity contribution in [3.8, 4) is 0 Å². The van der Waals surface area contributed by atoms with Gasteiger partial charge >= 0.3 is 0 Å². The van der Waals surface area contributed by atoms with E-state index in [1.807, 2.05) is 24.3 Å². The summed E-state index contributed by atoms with van der Waals surface area (Å²) in [5.41, 5.74) is 2.80. The largest absolute Gasteiger partial charge is 0.391 e. The summed E-state index contributed by atoms with van der Waals surface area (Å²) in [7, 11) is -3.55. The second-order valence-electron chi connectivity index (χ2n) is 4.87. The highest BCUT2D eigenvalue weighted by molar-refractivity contribution is 7.89. The van der Waals surface area contributed by atoms with Gasteiger partial charge < -0.3 is 5.11 Å². The molecular formula is C14H15NO3S2. The monoisotopic (exact) mass is 309 g/mol. The van der Waals surface area contributed by atoms with E-state index in [1.165, 1.54) is 15.6 Å². The molecule has 6 heteroatoms. The summed E-state index contributed by atoms with van der Waals surface area (Å²) >= 11 is 1.29. The Balaban J connectivity index is 2.01. The van der Waals surface area contributed by atoms with E-state index in [0.29, 0.717) is 23.5 Å². The Morgan fingerprint density at radius 3 is 2.40 bits per heavy atom. The van der Waals surface area contributed by atoms with Crippen molar-refractivity contribution in [3.63, 3.8) is 0 Å². The number of aryl methyl sites for hydroxylation is 1. The third-order valence-corrected chi connectivity index (χ3v) is 6.78. The maximum atomic E-state index is 12.8. The van der Waals surface area contributed by atoms with E-state index in [1.54, 1.807) is 12.3 Å². The Labute approximate surface area is 122 Å². The van der Waals surface area contributed by atoms with Crippen molar-refractivity contribution in [2.45, 2.75) is 31.5 Å². The van der Waals surface area contributed by atoms with Crippen molar-refractivity contribution < 1.29 is 13.5 Å². The van der Waals surface area contributed by atoms with Crippen molar-refractivity contribution in [3.05, 3.63) is 51.2 Å². The van der Waals surface area contributed by atoms with Crippen molar-refractivity contribution in [2.24, 2.45) is 0 Å². The number of hydrogen-bond donors (Lipinski definition) is 1. The van der Waals surface area contributed by atoms with Crippen molar-refractivity contribution >= 4 is 21.4 Å². The SMILES string of the molecule is Cc1csc(CO)c1S(=O)(=O)N1Cc2ccccc2C1. The first kappa shape index (κ1) is 13.8. The lowest BCUT2D eigenvalue weighted by Crippen LogP contribution is -2.26. The zero-order valence-electron chi connectivity index (χ0n) is 11.0. The summed E-state index contributed by atoms with van der Waals surface area (Å²) in [5, 5.41) is 11.1. The standard InChI is InChI=1S/C14H15NO3S2/c1-10-9-19-13(8-16)14(10)20(17,18)15-6-11-4-2-3-5-12(11)7-15/h2-5,9,16H,6-8H2,1H3. The molecule has 2 aromatic rings. The van der Waals surface area contributed by atoms with Gasteiger partial charge in [-0.3, -0.25) is 0 Å². The van der Waals surface area contributed by atoms with Gasteiger partial charge in [-0.05, 0) is 29.0 Å². The molecule has 2 heterocycles. The lowest BCUT2D eigenvalue weighted by Gasteiger charge is -2.16. The molecule has 0 radical (unpaired) electrons.